The minimum Gasteiger partial charge on any atom is -0.497 e. The zero-order valence-electron chi connectivity index (χ0n) is 11.4. The number of nitrogens with two attached hydrogens (primary N) is 1. The van der Waals surface area contributed by atoms with E-state index in [0.717, 1.165) is 6.42 Å². The van der Waals surface area contributed by atoms with E-state index in [4.69, 9.17) is 19.9 Å². The molecule has 0 bridgehead atoms. The van der Waals surface area contributed by atoms with Gasteiger partial charge in [0.05, 0.1) is 13.7 Å². The van der Waals surface area contributed by atoms with Gasteiger partial charge in [-0.15, -0.1) is 4.98 Å². The quantitative estimate of drug-likeness (QED) is 0.862. The van der Waals surface area contributed by atoms with E-state index in [1.807, 2.05) is 13.0 Å². The van der Waals surface area contributed by atoms with E-state index in [9.17, 15) is 0 Å². The molecule has 0 saturated heterocycles. The van der Waals surface area contributed by atoms with Gasteiger partial charge in [0, 0.05) is 6.07 Å². The number of benzene rings is 1. The van der Waals surface area contributed by atoms with Gasteiger partial charge in [-0.3, -0.25) is 0 Å². The maximum Gasteiger partial charge on any atom is 0.330 e. The summed E-state index contributed by atoms with van der Waals surface area (Å²) in [7, 11) is 1.58. The molecule has 0 fully saturated rings. The predicted molar refractivity (Wildman–Crippen MR) is 73.1 cm³/mol. The van der Waals surface area contributed by atoms with Gasteiger partial charge in [0.2, 0.25) is 5.95 Å². The van der Waals surface area contributed by atoms with Gasteiger partial charge < -0.3 is 19.9 Å². The molecule has 0 saturated carbocycles. The minimum atomic E-state index is 0.0454. The molecule has 1 aromatic heterocycles. The lowest BCUT2D eigenvalue weighted by Crippen LogP contribution is -2.05. The average Bonchev–Trinajstić information content (AvgIpc) is 2.44. The highest BCUT2D eigenvalue weighted by Crippen LogP contribution is 2.23. The van der Waals surface area contributed by atoms with Crippen molar-refractivity contribution < 1.29 is 14.2 Å². The van der Waals surface area contributed by atoms with Crippen molar-refractivity contribution in [1.82, 2.24) is 15.0 Å². The molecule has 0 radical (unpaired) electrons. The Kier molecular flexibility index (Phi) is 4.54. The Labute approximate surface area is 116 Å². The second kappa shape index (κ2) is 6.55. The van der Waals surface area contributed by atoms with E-state index in [-0.39, 0.29) is 18.0 Å². The third-order valence-corrected chi connectivity index (χ3v) is 2.30. The molecule has 7 heteroatoms. The van der Waals surface area contributed by atoms with Crippen molar-refractivity contribution in [1.29, 1.82) is 0 Å². The third-order valence-electron chi connectivity index (χ3n) is 2.30. The Hall–Kier alpha value is -2.57. The number of aromatic nitrogens is 3. The average molecular weight is 276 g/mol. The summed E-state index contributed by atoms with van der Waals surface area (Å²) in [6.07, 6.45) is 0.845. The first kappa shape index (κ1) is 13.9. The highest BCUT2D eigenvalue weighted by atomic mass is 16.5. The Bertz CT molecular complexity index is 577. The fourth-order valence-corrected chi connectivity index (χ4v) is 1.43. The molecular weight excluding hydrogens is 260 g/mol. The van der Waals surface area contributed by atoms with Gasteiger partial charge in [0.25, 0.3) is 0 Å². The molecule has 1 aromatic carbocycles. The number of anilines is 1. The maximum atomic E-state index is 5.59. The largest absolute Gasteiger partial charge is 0.497 e. The van der Waals surface area contributed by atoms with E-state index in [1.54, 1.807) is 25.3 Å². The van der Waals surface area contributed by atoms with Gasteiger partial charge in [-0.05, 0) is 18.6 Å². The molecule has 0 amide bonds. The molecule has 2 N–H and O–H groups in total. The van der Waals surface area contributed by atoms with Crippen molar-refractivity contribution in [3.05, 3.63) is 24.3 Å². The predicted octanol–water partition coefficient (Wildman–Crippen LogP) is 2.04. The van der Waals surface area contributed by atoms with Crippen molar-refractivity contribution in [2.75, 3.05) is 19.5 Å². The lowest BCUT2D eigenvalue weighted by molar-refractivity contribution is 0.285. The van der Waals surface area contributed by atoms with Gasteiger partial charge in [0.15, 0.2) is 0 Å². The summed E-state index contributed by atoms with van der Waals surface area (Å²) in [6.45, 7) is 2.49. The van der Waals surface area contributed by atoms with E-state index < -0.39 is 0 Å². The molecule has 106 valence electrons. The van der Waals surface area contributed by atoms with Gasteiger partial charge in [-0.1, -0.05) is 13.0 Å². The molecule has 0 aliphatic heterocycles. The van der Waals surface area contributed by atoms with Crippen LogP contribution < -0.4 is 19.9 Å². The second-order valence-corrected chi connectivity index (χ2v) is 3.89. The van der Waals surface area contributed by atoms with Crippen LogP contribution in [0.25, 0.3) is 0 Å². The molecule has 20 heavy (non-hydrogen) atoms. The Balaban J connectivity index is 2.17. The fourth-order valence-electron chi connectivity index (χ4n) is 1.43. The van der Waals surface area contributed by atoms with Crippen molar-refractivity contribution in [2.45, 2.75) is 13.3 Å². The molecule has 0 aliphatic rings. The zero-order valence-corrected chi connectivity index (χ0v) is 11.4. The van der Waals surface area contributed by atoms with Gasteiger partial charge in [0.1, 0.15) is 11.5 Å². The number of ether oxygens (including phenoxy) is 3. The van der Waals surface area contributed by atoms with Crippen LogP contribution in [0.3, 0.4) is 0 Å². The number of nitrogen functional groups attached to an aromatic ring is 1. The summed E-state index contributed by atoms with van der Waals surface area (Å²) in [4.78, 5) is 11.8. The summed E-state index contributed by atoms with van der Waals surface area (Å²) in [5.74, 6) is 1.26. The van der Waals surface area contributed by atoms with Gasteiger partial charge in [-0.2, -0.15) is 9.97 Å². The molecule has 0 unspecified atom stereocenters. The summed E-state index contributed by atoms with van der Waals surface area (Å²) in [5.41, 5.74) is 5.59. The Morgan fingerprint density at radius 1 is 1.10 bits per heavy atom. The molecule has 0 atom stereocenters. The van der Waals surface area contributed by atoms with Crippen LogP contribution in [0, 0.1) is 0 Å². The smallest absolute Gasteiger partial charge is 0.330 e. The van der Waals surface area contributed by atoms with Crippen molar-refractivity contribution >= 4 is 5.95 Å². The van der Waals surface area contributed by atoms with Gasteiger partial charge >= 0.3 is 12.0 Å². The van der Waals surface area contributed by atoms with Crippen molar-refractivity contribution in [2.24, 2.45) is 0 Å². The zero-order chi connectivity index (χ0) is 14.4. The first-order valence-corrected chi connectivity index (χ1v) is 6.17. The first-order valence-electron chi connectivity index (χ1n) is 6.17. The fraction of sp³-hybridized carbons (Fsp3) is 0.308. The highest BCUT2D eigenvalue weighted by Gasteiger charge is 2.08. The van der Waals surface area contributed by atoms with Crippen LogP contribution in [0.1, 0.15) is 13.3 Å². The second-order valence-electron chi connectivity index (χ2n) is 3.89. The van der Waals surface area contributed by atoms with E-state index in [2.05, 4.69) is 15.0 Å². The lowest BCUT2D eigenvalue weighted by atomic mass is 10.3. The van der Waals surface area contributed by atoms with Crippen LogP contribution in [0.5, 0.6) is 23.5 Å². The van der Waals surface area contributed by atoms with Crippen LogP contribution >= 0.6 is 0 Å². The Morgan fingerprint density at radius 2 is 1.85 bits per heavy atom. The molecule has 0 spiro atoms. The topological polar surface area (TPSA) is 92.4 Å². The van der Waals surface area contributed by atoms with E-state index >= 15 is 0 Å². The number of rotatable bonds is 6. The third kappa shape index (κ3) is 3.71. The summed E-state index contributed by atoms with van der Waals surface area (Å²) < 4.78 is 15.9. The van der Waals surface area contributed by atoms with Gasteiger partial charge in [-0.25, -0.2) is 0 Å². The van der Waals surface area contributed by atoms with Crippen LogP contribution in [0.2, 0.25) is 0 Å². The Morgan fingerprint density at radius 3 is 2.60 bits per heavy atom. The van der Waals surface area contributed by atoms with Crippen molar-refractivity contribution in [3.63, 3.8) is 0 Å². The monoisotopic (exact) mass is 276 g/mol. The molecule has 7 nitrogen and oxygen atoms in total. The highest BCUT2D eigenvalue weighted by molar-refractivity contribution is 5.34. The van der Waals surface area contributed by atoms with Crippen LogP contribution in [-0.4, -0.2) is 28.7 Å². The van der Waals surface area contributed by atoms with Crippen LogP contribution in [0.4, 0.5) is 5.95 Å². The van der Waals surface area contributed by atoms with Crippen molar-refractivity contribution in [3.8, 4) is 23.5 Å². The summed E-state index contributed by atoms with van der Waals surface area (Å²) >= 11 is 0. The molecule has 0 aliphatic carbocycles. The summed E-state index contributed by atoms with van der Waals surface area (Å²) in [5, 5.41) is 0. The molecule has 1 heterocycles. The van der Waals surface area contributed by atoms with Crippen LogP contribution in [-0.2, 0) is 0 Å². The molecular formula is C13H16N4O3. The number of methoxy groups -OCH3 is 1. The number of hydrogen-bond donors (Lipinski definition) is 1. The summed E-state index contributed by atoms with van der Waals surface area (Å²) in [6, 6.07) is 7.31. The minimum absolute atomic E-state index is 0.0454. The maximum absolute atomic E-state index is 5.59. The number of nitrogens with zero attached hydrogens (tertiary/aromatic N) is 3. The first-order chi connectivity index (χ1) is 9.71. The number of hydrogen-bond acceptors (Lipinski definition) is 7. The van der Waals surface area contributed by atoms with E-state index in [1.165, 1.54) is 0 Å². The standard InChI is InChI=1S/C13H16N4O3/c1-3-7-19-12-15-11(14)16-13(17-12)20-10-6-4-5-9(8-10)18-2/h4-6,8H,3,7H2,1-2H3,(H2,14,15,16,17). The lowest BCUT2D eigenvalue weighted by Gasteiger charge is -2.07. The normalized spacial score (nSPS) is 10.1. The SMILES string of the molecule is CCCOc1nc(N)nc(Oc2cccc(OC)c2)n1. The molecule has 2 aromatic rings. The molecule has 2 rings (SSSR count). The van der Waals surface area contributed by atoms with E-state index in [0.29, 0.717) is 18.1 Å². The van der Waals surface area contributed by atoms with Crippen LogP contribution in [0.15, 0.2) is 24.3 Å².